The van der Waals surface area contributed by atoms with Gasteiger partial charge in [0.15, 0.2) is 17.5 Å². The van der Waals surface area contributed by atoms with Crippen molar-refractivity contribution in [1.29, 1.82) is 0 Å². The highest BCUT2D eigenvalue weighted by Gasteiger charge is 2.29. The van der Waals surface area contributed by atoms with Crippen molar-refractivity contribution < 1.29 is 0 Å². The smallest absolute Gasteiger partial charge is 0.164 e. The zero-order chi connectivity index (χ0) is 44.3. The van der Waals surface area contributed by atoms with E-state index in [2.05, 4.69) is 211 Å². The van der Waals surface area contributed by atoms with E-state index in [4.69, 9.17) is 15.0 Å². The lowest BCUT2D eigenvalue weighted by atomic mass is 9.84. The van der Waals surface area contributed by atoms with Gasteiger partial charge in [-0.25, -0.2) is 15.0 Å². The third-order valence-corrected chi connectivity index (χ3v) is 13.2. The van der Waals surface area contributed by atoms with Crippen LogP contribution < -0.4 is 0 Å². The standard InChI is InChI=1S/C63H40N4/c1-5-21-43(22-6-1)57-55(63-65-61(45-25-9-3-10-26-45)64-62(66-63)46-27-11-4-12-28-46)40-53(50-34-33-41-19-13-14-29-47(41)37-50)60(58(57)44-23-7-2-8-24-44)67-56-39-49-31-16-15-30-48(49)38-54(56)52-36-35-42-20-17-18-32-51(42)59(52)67/h1-40H. The second kappa shape index (κ2) is 15.9. The van der Waals surface area contributed by atoms with Gasteiger partial charge in [0, 0.05) is 49.5 Å². The number of nitrogens with zero attached hydrogens (tertiary/aromatic N) is 4. The van der Waals surface area contributed by atoms with Crippen LogP contribution in [-0.2, 0) is 0 Å². The minimum Gasteiger partial charge on any atom is -0.307 e. The van der Waals surface area contributed by atoms with Crippen LogP contribution in [0.25, 0.3) is 127 Å². The molecule has 0 N–H and O–H groups in total. The van der Waals surface area contributed by atoms with E-state index in [0.717, 1.165) is 72.2 Å². The van der Waals surface area contributed by atoms with Crippen LogP contribution in [0.5, 0.6) is 0 Å². The van der Waals surface area contributed by atoms with Crippen LogP contribution in [0.2, 0.25) is 0 Å². The minimum absolute atomic E-state index is 0.594. The minimum atomic E-state index is 0.594. The van der Waals surface area contributed by atoms with Gasteiger partial charge in [0.05, 0.1) is 16.7 Å². The summed E-state index contributed by atoms with van der Waals surface area (Å²) in [4.78, 5) is 16.0. The Morgan fingerprint density at radius 3 is 1.37 bits per heavy atom. The number of hydrogen-bond acceptors (Lipinski definition) is 3. The van der Waals surface area contributed by atoms with Gasteiger partial charge < -0.3 is 4.57 Å². The normalized spacial score (nSPS) is 11.6. The molecule has 0 saturated heterocycles. The Balaban J connectivity index is 1.27. The zero-order valence-corrected chi connectivity index (χ0v) is 36.4. The summed E-state index contributed by atoms with van der Waals surface area (Å²) in [7, 11) is 0. The third-order valence-electron chi connectivity index (χ3n) is 13.2. The number of benzene rings is 11. The molecule has 13 rings (SSSR count). The molecule has 4 nitrogen and oxygen atoms in total. The molecule has 0 bridgehead atoms. The molecule has 0 unspecified atom stereocenters. The van der Waals surface area contributed by atoms with Crippen LogP contribution in [-0.4, -0.2) is 19.5 Å². The van der Waals surface area contributed by atoms with E-state index < -0.39 is 0 Å². The van der Waals surface area contributed by atoms with Crippen LogP contribution >= 0.6 is 0 Å². The summed E-state index contributed by atoms with van der Waals surface area (Å²) in [6.07, 6.45) is 0. The quantitative estimate of drug-likeness (QED) is 0.160. The van der Waals surface area contributed by atoms with Crippen molar-refractivity contribution in [2.75, 3.05) is 0 Å². The first kappa shape index (κ1) is 38.5. The molecule has 0 aliphatic rings. The van der Waals surface area contributed by atoms with Gasteiger partial charge in [0.2, 0.25) is 0 Å². The molecule has 0 saturated carbocycles. The van der Waals surface area contributed by atoms with E-state index in [0.29, 0.717) is 17.5 Å². The lowest BCUT2D eigenvalue weighted by molar-refractivity contribution is 1.07. The largest absolute Gasteiger partial charge is 0.307 e. The Labute approximate surface area is 387 Å². The van der Waals surface area contributed by atoms with Crippen molar-refractivity contribution >= 4 is 54.1 Å². The van der Waals surface area contributed by atoms with Crippen molar-refractivity contribution in [3.05, 3.63) is 243 Å². The maximum absolute atomic E-state index is 5.44. The van der Waals surface area contributed by atoms with Crippen molar-refractivity contribution in [3.8, 4) is 73.2 Å². The van der Waals surface area contributed by atoms with E-state index in [1.807, 2.05) is 36.4 Å². The van der Waals surface area contributed by atoms with Crippen LogP contribution in [0.1, 0.15) is 0 Å². The average Bonchev–Trinajstić information content (AvgIpc) is 3.73. The molecule has 0 spiro atoms. The molecule has 2 aromatic heterocycles. The number of rotatable bonds is 7. The van der Waals surface area contributed by atoms with E-state index in [-0.39, 0.29) is 0 Å². The fraction of sp³-hybridized carbons (Fsp3) is 0. The summed E-state index contributed by atoms with van der Waals surface area (Å²) in [5.41, 5.74) is 12.5. The molecular weight excluding hydrogens is 813 g/mol. The molecule has 0 fully saturated rings. The summed E-state index contributed by atoms with van der Waals surface area (Å²) in [6, 6.07) is 86.9. The third kappa shape index (κ3) is 6.57. The molecule has 0 aliphatic carbocycles. The molecule has 0 radical (unpaired) electrons. The first-order valence-electron chi connectivity index (χ1n) is 22.8. The molecule has 312 valence electrons. The summed E-state index contributed by atoms with van der Waals surface area (Å²) in [6.45, 7) is 0. The number of aromatic nitrogens is 4. The SMILES string of the molecule is c1ccc(-c2nc(-c3ccccc3)nc(-c3cc(-c4ccc5ccccc5c4)c(-n4c5cc6ccccc6cc5c5ccc6ccccc6c54)c(-c4ccccc4)c3-c3ccccc3)n2)cc1. The summed E-state index contributed by atoms with van der Waals surface area (Å²) in [5.74, 6) is 1.82. The second-order valence-electron chi connectivity index (χ2n) is 17.1. The maximum atomic E-state index is 5.44. The Morgan fingerprint density at radius 2 is 0.746 bits per heavy atom. The fourth-order valence-electron chi connectivity index (χ4n) is 10.1. The molecule has 11 aromatic carbocycles. The molecule has 67 heavy (non-hydrogen) atoms. The van der Waals surface area contributed by atoms with E-state index >= 15 is 0 Å². The molecule has 4 heteroatoms. The van der Waals surface area contributed by atoms with Gasteiger partial charge in [-0.2, -0.15) is 0 Å². The molecule has 0 atom stereocenters. The Kier molecular flexibility index (Phi) is 9.14. The Hall–Kier alpha value is -8.99. The first-order chi connectivity index (χ1) is 33.2. The number of fused-ring (bicyclic) bond motifs is 7. The Bertz CT molecular complexity index is 3950. The van der Waals surface area contributed by atoms with Crippen LogP contribution in [0, 0.1) is 0 Å². The maximum Gasteiger partial charge on any atom is 0.164 e. The molecule has 2 heterocycles. The predicted octanol–water partition coefficient (Wildman–Crippen LogP) is 16.4. The van der Waals surface area contributed by atoms with Gasteiger partial charge in [0.25, 0.3) is 0 Å². The fourth-order valence-corrected chi connectivity index (χ4v) is 10.1. The summed E-state index contributed by atoms with van der Waals surface area (Å²) >= 11 is 0. The summed E-state index contributed by atoms with van der Waals surface area (Å²) < 4.78 is 2.57. The van der Waals surface area contributed by atoms with Gasteiger partial charge in [-0.1, -0.05) is 218 Å². The monoisotopic (exact) mass is 852 g/mol. The predicted molar refractivity (Wildman–Crippen MR) is 279 cm³/mol. The van der Waals surface area contributed by atoms with Gasteiger partial charge in [-0.15, -0.1) is 0 Å². The van der Waals surface area contributed by atoms with E-state index in [1.54, 1.807) is 0 Å². The van der Waals surface area contributed by atoms with Gasteiger partial charge >= 0.3 is 0 Å². The highest BCUT2D eigenvalue weighted by atomic mass is 15.0. The second-order valence-corrected chi connectivity index (χ2v) is 17.1. The van der Waals surface area contributed by atoms with Crippen molar-refractivity contribution in [3.63, 3.8) is 0 Å². The lowest BCUT2D eigenvalue weighted by Crippen LogP contribution is -2.07. The highest BCUT2D eigenvalue weighted by molar-refractivity contribution is 6.22. The number of hydrogen-bond donors (Lipinski definition) is 0. The van der Waals surface area contributed by atoms with E-state index in [1.165, 1.54) is 37.7 Å². The van der Waals surface area contributed by atoms with Gasteiger partial charge in [0.1, 0.15) is 0 Å². The molecule has 0 amide bonds. The zero-order valence-electron chi connectivity index (χ0n) is 36.4. The van der Waals surface area contributed by atoms with Crippen molar-refractivity contribution in [2.45, 2.75) is 0 Å². The van der Waals surface area contributed by atoms with Gasteiger partial charge in [-0.05, 0) is 67.9 Å². The van der Waals surface area contributed by atoms with Crippen molar-refractivity contribution in [2.24, 2.45) is 0 Å². The molecular formula is C63H40N4. The molecule has 0 aliphatic heterocycles. The van der Waals surface area contributed by atoms with Crippen LogP contribution in [0.3, 0.4) is 0 Å². The summed E-state index contributed by atoms with van der Waals surface area (Å²) in [5, 5.41) is 9.51. The van der Waals surface area contributed by atoms with Gasteiger partial charge in [-0.3, -0.25) is 0 Å². The van der Waals surface area contributed by atoms with Crippen LogP contribution in [0.15, 0.2) is 243 Å². The van der Waals surface area contributed by atoms with Crippen LogP contribution in [0.4, 0.5) is 0 Å². The lowest BCUT2D eigenvalue weighted by Gasteiger charge is -2.25. The van der Waals surface area contributed by atoms with Crippen molar-refractivity contribution in [1.82, 2.24) is 19.5 Å². The average molecular weight is 853 g/mol. The topological polar surface area (TPSA) is 43.6 Å². The first-order valence-corrected chi connectivity index (χ1v) is 22.8. The molecule has 13 aromatic rings. The highest BCUT2D eigenvalue weighted by Crippen LogP contribution is 2.51. The Morgan fingerprint density at radius 1 is 0.269 bits per heavy atom. The van der Waals surface area contributed by atoms with E-state index in [9.17, 15) is 0 Å².